The van der Waals surface area contributed by atoms with Gasteiger partial charge >= 0.3 is 6.18 Å². The first-order chi connectivity index (χ1) is 11.8. The molecular formula is C16H17F3N2O4S. The number of aromatic nitrogens is 2. The highest BCUT2D eigenvalue weighted by Gasteiger charge is 2.40. The summed E-state index contributed by atoms with van der Waals surface area (Å²) in [5, 5.41) is 3.82. The highest BCUT2D eigenvalue weighted by molar-refractivity contribution is 7.90. The number of hydrogen-bond donors (Lipinski definition) is 0. The van der Waals surface area contributed by atoms with E-state index in [1.807, 2.05) is 0 Å². The van der Waals surface area contributed by atoms with E-state index in [4.69, 9.17) is 4.74 Å². The van der Waals surface area contributed by atoms with Gasteiger partial charge in [0.1, 0.15) is 5.56 Å². The Labute approximate surface area is 148 Å². The first kappa shape index (κ1) is 20.0. The fourth-order valence-electron chi connectivity index (χ4n) is 3.05. The third kappa shape index (κ3) is 3.33. The number of halogens is 3. The van der Waals surface area contributed by atoms with Crippen molar-refractivity contribution in [3.8, 4) is 5.88 Å². The molecule has 0 aliphatic heterocycles. The summed E-state index contributed by atoms with van der Waals surface area (Å²) in [6, 6.07) is 0.945. The van der Waals surface area contributed by atoms with E-state index in [0.29, 0.717) is 0 Å². The zero-order chi connectivity index (χ0) is 20.0. The van der Waals surface area contributed by atoms with Gasteiger partial charge in [-0.25, -0.2) is 13.1 Å². The molecule has 1 aromatic carbocycles. The molecule has 0 aliphatic rings. The van der Waals surface area contributed by atoms with Crippen molar-refractivity contribution in [3.05, 3.63) is 40.1 Å². The van der Waals surface area contributed by atoms with Crippen LogP contribution in [0.5, 0.6) is 5.88 Å². The van der Waals surface area contributed by atoms with Crippen molar-refractivity contribution >= 4 is 15.6 Å². The van der Waals surface area contributed by atoms with E-state index in [1.54, 1.807) is 0 Å². The zero-order valence-electron chi connectivity index (χ0n) is 14.7. The maximum atomic E-state index is 13.7. The number of nitrogens with zero attached hydrogens (tertiary/aromatic N) is 2. The highest BCUT2D eigenvalue weighted by Crippen LogP contribution is 2.39. The van der Waals surface area contributed by atoms with Crippen LogP contribution in [0.3, 0.4) is 0 Å². The van der Waals surface area contributed by atoms with Crippen LogP contribution in [0.1, 0.15) is 32.6 Å². The number of benzene rings is 1. The Morgan fingerprint density at radius 2 is 1.81 bits per heavy atom. The predicted molar refractivity (Wildman–Crippen MR) is 87.2 cm³/mol. The van der Waals surface area contributed by atoms with E-state index in [1.165, 1.54) is 25.8 Å². The number of alkyl halides is 3. The van der Waals surface area contributed by atoms with Crippen LogP contribution < -0.4 is 4.74 Å². The SMILES string of the molecule is COc1c(C(=O)c2cc(C)c(S(C)(=O)=O)c(C)c2C(F)(F)F)cnn1C. The molecule has 0 amide bonds. The standard InChI is InChI=1S/C16H17F3N2O4S/c1-8-6-10(13(22)11-7-20-21(3)15(11)25-4)12(16(17,18)19)9(2)14(8)26(5,23)24/h6-7H,1-5H3. The van der Waals surface area contributed by atoms with Crippen LogP contribution in [0.15, 0.2) is 17.2 Å². The summed E-state index contributed by atoms with van der Waals surface area (Å²) in [6.45, 7) is 2.39. The Kier molecular flexibility index (Phi) is 4.93. The molecule has 0 saturated carbocycles. The molecule has 1 heterocycles. The topological polar surface area (TPSA) is 78.3 Å². The van der Waals surface area contributed by atoms with Gasteiger partial charge in [0.25, 0.3) is 0 Å². The largest absolute Gasteiger partial charge is 0.481 e. The lowest BCUT2D eigenvalue weighted by Gasteiger charge is -2.19. The van der Waals surface area contributed by atoms with Crippen LogP contribution >= 0.6 is 0 Å². The van der Waals surface area contributed by atoms with Gasteiger partial charge in [-0.15, -0.1) is 0 Å². The van der Waals surface area contributed by atoms with E-state index >= 15 is 0 Å². The van der Waals surface area contributed by atoms with Gasteiger partial charge < -0.3 is 4.74 Å². The van der Waals surface area contributed by atoms with Gasteiger partial charge in [0.15, 0.2) is 9.84 Å². The van der Waals surface area contributed by atoms with Gasteiger partial charge in [-0.05, 0) is 31.0 Å². The summed E-state index contributed by atoms with van der Waals surface area (Å²) in [6.07, 6.45) is -2.98. The second-order valence-corrected chi connectivity index (χ2v) is 7.81. The summed E-state index contributed by atoms with van der Waals surface area (Å²) in [7, 11) is -1.17. The molecule has 26 heavy (non-hydrogen) atoms. The number of ketones is 1. The second-order valence-electron chi connectivity index (χ2n) is 5.86. The summed E-state index contributed by atoms with van der Waals surface area (Å²) < 4.78 is 71.1. The minimum atomic E-state index is -4.92. The van der Waals surface area contributed by atoms with Crippen molar-refractivity contribution < 1.29 is 31.1 Å². The van der Waals surface area contributed by atoms with Crippen LogP contribution in [-0.4, -0.2) is 37.3 Å². The summed E-state index contributed by atoms with van der Waals surface area (Å²) >= 11 is 0. The number of rotatable bonds is 4. The molecule has 0 N–H and O–H groups in total. The molecule has 0 spiro atoms. The normalized spacial score (nSPS) is 12.3. The van der Waals surface area contributed by atoms with Crippen molar-refractivity contribution in [2.24, 2.45) is 7.05 Å². The molecule has 0 saturated heterocycles. The van der Waals surface area contributed by atoms with Crippen molar-refractivity contribution in [1.82, 2.24) is 9.78 Å². The number of ether oxygens (including phenoxy) is 1. The van der Waals surface area contributed by atoms with Gasteiger partial charge in [0, 0.05) is 18.9 Å². The van der Waals surface area contributed by atoms with E-state index in [2.05, 4.69) is 5.10 Å². The number of methoxy groups -OCH3 is 1. The Hall–Kier alpha value is -2.36. The van der Waals surface area contributed by atoms with Crippen LogP contribution in [0.4, 0.5) is 13.2 Å². The van der Waals surface area contributed by atoms with Gasteiger partial charge in [-0.1, -0.05) is 0 Å². The molecule has 6 nitrogen and oxygen atoms in total. The van der Waals surface area contributed by atoms with E-state index in [9.17, 15) is 26.4 Å². The molecule has 0 fully saturated rings. The van der Waals surface area contributed by atoms with Crippen molar-refractivity contribution in [3.63, 3.8) is 0 Å². The molecule has 2 rings (SSSR count). The summed E-state index contributed by atoms with van der Waals surface area (Å²) in [5.41, 5.74) is -2.52. The van der Waals surface area contributed by atoms with Gasteiger partial charge in [0.05, 0.1) is 23.8 Å². The van der Waals surface area contributed by atoms with E-state index in [0.717, 1.165) is 25.4 Å². The molecule has 0 unspecified atom stereocenters. The molecule has 10 heteroatoms. The fraction of sp³-hybridized carbons (Fsp3) is 0.375. The first-order valence-corrected chi connectivity index (χ1v) is 9.22. The molecule has 1 aromatic heterocycles. The predicted octanol–water partition coefficient (Wildman–Crippen LogP) is 2.70. The van der Waals surface area contributed by atoms with E-state index < -0.39 is 43.4 Å². The van der Waals surface area contributed by atoms with Gasteiger partial charge in [0.2, 0.25) is 11.7 Å². The molecule has 0 bridgehead atoms. The Morgan fingerprint density at radius 3 is 2.27 bits per heavy atom. The minimum absolute atomic E-state index is 0.00520. The Bertz CT molecular complexity index is 992. The molecular weight excluding hydrogens is 373 g/mol. The van der Waals surface area contributed by atoms with E-state index in [-0.39, 0.29) is 17.0 Å². The number of hydrogen-bond acceptors (Lipinski definition) is 5. The fourth-order valence-corrected chi connectivity index (χ4v) is 4.35. The number of aryl methyl sites for hydroxylation is 2. The average molecular weight is 390 g/mol. The lowest BCUT2D eigenvalue weighted by molar-refractivity contribution is -0.138. The van der Waals surface area contributed by atoms with Gasteiger partial charge in [-0.2, -0.15) is 18.3 Å². The maximum Gasteiger partial charge on any atom is 0.417 e. The molecule has 0 atom stereocenters. The zero-order valence-corrected chi connectivity index (χ0v) is 15.5. The quantitative estimate of drug-likeness (QED) is 0.750. The number of sulfone groups is 1. The summed E-state index contributed by atoms with van der Waals surface area (Å²) in [5.74, 6) is -0.945. The monoisotopic (exact) mass is 390 g/mol. The first-order valence-electron chi connectivity index (χ1n) is 7.32. The lowest BCUT2D eigenvalue weighted by Crippen LogP contribution is -2.19. The molecule has 2 aromatic rings. The molecule has 0 aliphatic carbocycles. The minimum Gasteiger partial charge on any atom is -0.481 e. The Balaban J connectivity index is 2.87. The van der Waals surface area contributed by atoms with Crippen molar-refractivity contribution in [1.29, 1.82) is 0 Å². The smallest absolute Gasteiger partial charge is 0.417 e. The average Bonchev–Trinajstić information content (AvgIpc) is 2.83. The molecule has 142 valence electrons. The number of carbonyl (C=O) groups is 1. The number of carbonyl (C=O) groups excluding carboxylic acids is 1. The summed E-state index contributed by atoms with van der Waals surface area (Å²) in [4.78, 5) is 12.4. The van der Waals surface area contributed by atoms with Crippen molar-refractivity contribution in [2.45, 2.75) is 24.9 Å². The van der Waals surface area contributed by atoms with Crippen LogP contribution in [0, 0.1) is 13.8 Å². The maximum absolute atomic E-state index is 13.7. The van der Waals surface area contributed by atoms with Gasteiger partial charge in [-0.3, -0.25) is 4.79 Å². The third-order valence-electron chi connectivity index (χ3n) is 3.93. The van der Waals surface area contributed by atoms with Crippen LogP contribution in [-0.2, 0) is 23.1 Å². The second kappa shape index (κ2) is 6.42. The lowest BCUT2D eigenvalue weighted by atomic mass is 9.93. The Morgan fingerprint density at radius 1 is 1.23 bits per heavy atom. The van der Waals surface area contributed by atoms with Crippen LogP contribution in [0.25, 0.3) is 0 Å². The third-order valence-corrected chi connectivity index (χ3v) is 5.29. The highest BCUT2D eigenvalue weighted by atomic mass is 32.2. The van der Waals surface area contributed by atoms with Crippen molar-refractivity contribution in [2.75, 3.05) is 13.4 Å². The molecule has 0 radical (unpaired) electrons. The van der Waals surface area contributed by atoms with Crippen LogP contribution in [0.2, 0.25) is 0 Å².